The quantitative estimate of drug-likeness (QED) is 0.328. The van der Waals surface area contributed by atoms with Crippen LogP contribution in [-0.2, 0) is 9.31 Å². The van der Waals surface area contributed by atoms with Crippen molar-refractivity contribution in [2.75, 3.05) is 5.32 Å². The van der Waals surface area contributed by atoms with Gasteiger partial charge in [0.05, 0.1) is 11.2 Å². The van der Waals surface area contributed by atoms with Crippen molar-refractivity contribution in [1.29, 1.82) is 0 Å². The van der Waals surface area contributed by atoms with Crippen LogP contribution in [0.15, 0.2) is 67.5 Å². The van der Waals surface area contributed by atoms with E-state index < -0.39 is 7.12 Å². The smallest absolute Gasteiger partial charge is 0.399 e. The number of hydrogen-bond acceptors (Lipinski definition) is 5. The third kappa shape index (κ3) is 4.10. The summed E-state index contributed by atoms with van der Waals surface area (Å²) < 4.78 is 12.7. The van der Waals surface area contributed by atoms with Crippen LogP contribution in [0.1, 0.15) is 44.4 Å². The summed E-state index contributed by atoms with van der Waals surface area (Å²) in [6.07, 6.45) is 5.42. The minimum Gasteiger partial charge on any atom is -0.399 e. The lowest BCUT2D eigenvalue weighted by atomic mass is 9.74. The molecule has 36 heavy (non-hydrogen) atoms. The number of hydrogen-bond donors (Lipinski definition) is 1. The number of anilines is 2. The van der Waals surface area contributed by atoms with Gasteiger partial charge in [-0.3, -0.25) is 4.98 Å². The SMILES string of the molecule is C=Cc1cnc2c(Nc3cccc(-c4cccc(B5OC(C)(C)C(C)(C)O5)c4C)c3C)nccc2c1. The van der Waals surface area contributed by atoms with Crippen molar-refractivity contribution in [1.82, 2.24) is 9.97 Å². The molecule has 4 aromatic rings. The molecular weight excluding hydrogens is 445 g/mol. The van der Waals surface area contributed by atoms with Crippen molar-refractivity contribution in [3.05, 3.63) is 84.2 Å². The molecule has 0 atom stereocenters. The first-order valence-electron chi connectivity index (χ1n) is 12.3. The molecule has 0 aliphatic carbocycles. The minimum absolute atomic E-state index is 0.383. The van der Waals surface area contributed by atoms with Crippen LogP contribution in [0, 0.1) is 13.8 Å². The van der Waals surface area contributed by atoms with Crippen LogP contribution >= 0.6 is 0 Å². The van der Waals surface area contributed by atoms with E-state index in [0.717, 1.165) is 55.7 Å². The fourth-order valence-corrected chi connectivity index (χ4v) is 4.64. The summed E-state index contributed by atoms with van der Waals surface area (Å²) in [5.74, 6) is 0.728. The number of nitrogens with zero attached hydrogens (tertiary/aromatic N) is 2. The Morgan fingerprint density at radius 2 is 1.56 bits per heavy atom. The molecule has 5 nitrogen and oxygen atoms in total. The van der Waals surface area contributed by atoms with E-state index in [1.165, 1.54) is 0 Å². The summed E-state index contributed by atoms with van der Waals surface area (Å²) in [4.78, 5) is 9.21. The Labute approximate surface area is 213 Å². The van der Waals surface area contributed by atoms with E-state index in [1.54, 1.807) is 12.3 Å². The normalized spacial score (nSPS) is 16.3. The Hall–Kier alpha value is -3.48. The van der Waals surface area contributed by atoms with Crippen LogP contribution in [0.25, 0.3) is 28.1 Å². The lowest BCUT2D eigenvalue weighted by molar-refractivity contribution is 0.00578. The number of fused-ring (bicyclic) bond motifs is 1. The summed E-state index contributed by atoms with van der Waals surface area (Å²) in [5.41, 5.74) is 7.68. The van der Waals surface area contributed by atoms with Gasteiger partial charge in [-0.2, -0.15) is 0 Å². The van der Waals surface area contributed by atoms with E-state index in [9.17, 15) is 0 Å². The van der Waals surface area contributed by atoms with Gasteiger partial charge in [0.2, 0.25) is 0 Å². The average molecular weight is 477 g/mol. The molecule has 3 heterocycles. The molecular formula is C30H32BN3O2. The van der Waals surface area contributed by atoms with Crippen LogP contribution in [0.2, 0.25) is 0 Å². The molecule has 0 spiro atoms. The molecule has 0 unspecified atom stereocenters. The summed E-state index contributed by atoms with van der Waals surface area (Å²) >= 11 is 0. The van der Waals surface area contributed by atoms with Gasteiger partial charge in [-0.05, 0) is 93.0 Å². The van der Waals surface area contributed by atoms with Crippen LogP contribution in [0.3, 0.4) is 0 Å². The van der Waals surface area contributed by atoms with Crippen molar-refractivity contribution in [3.63, 3.8) is 0 Å². The second-order valence-electron chi connectivity index (χ2n) is 10.4. The van der Waals surface area contributed by atoms with Crippen LogP contribution in [-0.4, -0.2) is 28.3 Å². The van der Waals surface area contributed by atoms with E-state index in [-0.39, 0.29) is 11.2 Å². The van der Waals surface area contributed by atoms with Gasteiger partial charge in [0, 0.05) is 23.5 Å². The minimum atomic E-state index is -0.400. The van der Waals surface area contributed by atoms with Crippen LogP contribution < -0.4 is 10.8 Å². The van der Waals surface area contributed by atoms with Crippen molar-refractivity contribution in [2.45, 2.75) is 52.7 Å². The molecule has 1 N–H and O–H groups in total. The van der Waals surface area contributed by atoms with Crippen molar-refractivity contribution < 1.29 is 9.31 Å². The van der Waals surface area contributed by atoms with Gasteiger partial charge in [-0.1, -0.05) is 43.0 Å². The van der Waals surface area contributed by atoms with Crippen LogP contribution in [0.4, 0.5) is 11.5 Å². The van der Waals surface area contributed by atoms with Gasteiger partial charge in [0.15, 0.2) is 5.82 Å². The molecule has 0 bridgehead atoms. The van der Waals surface area contributed by atoms with E-state index in [1.807, 2.05) is 12.3 Å². The van der Waals surface area contributed by atoms with E-state index in [4.69, 9.17) is 9.31 Å². The van der Waals surface area contributed by atoms with Gasteiger partial charge < -0.3 is 14.6 Å². The van der Waals surface area contributed by atoms with Crippen molar-refractivity contribution in [3.8, 4) is 11.1 Å². The van der Waals surface area contributed by atoms with E-state index in [2.05, 4.69) is 106 Å². The number of rotatable bonds is 5. The fourth-order valence-electron chi connectivity index (χ4n) is 4.64. The number of nitrogens with one attached hydrogen (secondary N) is 1. The highest BCUT2D eigenvalue weighted by molar-refractivity contribution is 6.62. The average Bonchev–Trinajstić information content (AvgIpc) is 3.07. The molecule has 2 aromatic heterocycles. The maximum Gasteiger partial charge on any atom is 0.495 e. The van der Waals surface area contributed by atoms with Gasteiger partial charge in [0.1, 0.15) is 5.52 Å². The van der Waals surface area contributed by atoms with Crippen molar-refractivity contribution >= 4 is 41.1 Å². The molecule has 1 aliphatic heterocycles. The first-order chi connectivity index (χ1) is 17.1. The zero-order valence-electron chi connectivity index (χ0n) is 21.8. The van der Waals surface area contributed by atoms with Gasteiger partial charge in [0.25, 0.3) is 0 Å². The Kier molecular flexibility index (Phi) is 5.97. The molecule has 6 heteroatoms. The number of aromatic nitrogens is 2. The second-order valence-corrected chi connectivity index (χ2v) is 10.4. The molecule has 182 valence electrons. The lowest BCUT2D eigenvalue weighted by Gasteiger charge is -2.32. The molecule has 0 saturated carbocycles. The Morgan fingerprint density at radius 3 is 2.25 bits per heavy atom. The maximum absolute atomic E-state index is 6.36. The molecule has 5 rings (SSSR count). The first kappa shape index (κ1) is 24.2. The Bertz CT molecular complexity index is 1460. The third-order valence-electron chi connectivity index (χ3n) is 7.62. The monoisotopic (exact) mass is 477 g/mol. The Balaban J connectivity index is 1.52. The third-order valence-corrected chi connectivity index (χ3v) is 7.62. The summed E-state index contributed by atoms with van der Waals surface area (Å²) in [5, 5.41) is 4.54. The Morgan fingerprint density at radius 1 is 0.889 bits per heavy atom. The highest BCUT2D eigenvalue weighted by atomic mass is 16.7. The highest BCUT2D eigenvalue weighted by Gasteiger charge is 2.52. The summed E-state index contributed by atoms with van der Waals surface area (Å²) in [7, 11) is -0.400. The zero-order chi connectivity index (χ0) is 25.7. The van der Waals surface area contributed by atoms with Gasteiger partial charge in [-0.15, -0.1) is 0 Å². The second kappa shape index (κ2) is 8.88. The van der Waals surface area contributed by atoms with E-state index >= 15 is 0 Å². The van der Waals surface area contributed by atoms with Crippen molar-refractivity contribution in [2.24, 2.45) is 0 Å². The predicted molar refractivity (Wildman–Crippen MR) is 150 cm³/mol. The predicted octanol–water partition coefficient (Wildman–Crippen LogP) is 6.60. The number of pyridine rings is 2. The lowest BCUT2D eigenvalue weighted by Crippen LogP contribution is -2.41. The van der Waals surface area contributed by atoms with E-state index in [0.29, 0.717) is 0 Å². The molecule has 2 aromatic carbocycles. The molecule has 1 saturated heterocycles. The molecule has 1 aliphatic rings. The standard InChI is InChI=1S/C30H32BN3O2/c1-8-21-17-22-15-16-32-28(27(22)33-18-21)34-26-14-10-12-24(20(26)3)23-11-9-13-25(19(23)2)31-35-29(4,5)30(6,7)36-31/h8-18H,1H2,2-7H3,(H,32,34). The number of benzene rings is 2. The topological polar surface area (TPSA) is 56.3 Å². The highest BCUT2D eigenvalue weighted by Crippen LogP contribution is 2.38. The zero-order valence-corrected chi connectivity index (χ0v) is 21.8. The van der Waals surface area contributed by atoms with Gasteiger partial charge >= 0.3 is 7.12 Å². The molecule has 0 amide bonds. The largest absolute Gasteiger partial charge is 0.495 e. The molecule has 0 radical (unpaired) electrons. The van der Waals surface area contributed by atoms with Gasteiger partial charge in [-0.25, -0.2) is 4.98 Å². The molecule has 1 fully saturated rings. The summed E-state index contributed by atoms with van der Waals surface area (Å²) in [6, 6.07) is 16.7. The maximum atomic E-state index is 6.36. The van der Waals surface area contributed by atoms with Crippen LogP contribution in [0.5, 0.6) is 0 Å². The fraction of sp³-hybridized carbons (Fsp3) is 0.267. The summed E-state index contributed by atoms with van der Waals surface area (Å²) in [6.45, 7) is 16.4. The first-order valence-corrected chi connectivity index (χ1v) is 12.3.